The molecule has 1 saturated carbocycles. The van der Waals surface area contributed by atoms with Gasteiger partial charge >= 0.3 is 0 Å². The highest BCUT2D eigenvalue weighted by Crippen LogP contribution is 2.47. The van der Waals surface area contributed by atoms with Crippen molar-refractivity contribution in [3.63, 3.8) is 0 Å². The first kappa shape index (κ1) is 18.3. The summed E-state index contributed by atoms with van der Waals surface area (Å²) in [6.07, 6.45) is 1.92. The number of rotatable bonds is 5. The maximum Gasteiger partial charge on any atom is 0.223 e. The molecular weight excluding hydrogens is 363 g/mol. The zero-order valence-corrected chi connectivity index (χ0v) is 16.2. The molecular formula is C22H24ClFN2O. The second-order valence-corrected chi connectivity index (χ2v) is 8.21. The lowest BCUT2D eigenvalue weighted by atomic mass is 10.1. The first-order valence-corrected chi connectivity index (χ1v) is 9.93. The summed E-state index contributed by atoms with van der Waals surface area (Å²) in [5.41, 5.74) is 3.47. The monoisotopic (exact) mass is 386 g/mol. The molecule has 2 aromatic rings. The third-order valence-electron chi connectivity index (χ3n) is 5.79. The van der Waals surface area contributed by atoms with Gasteiger partial charge in [0.15, 0.2) is 0 Å². The average molecular weight is 387 g/mol. The fourth-order valence-corrected chi connectivity index (χ4v) is 4.25. The smallest absolute Gasteiger partial charge is 0.223 e. The van der Waals surface area contributed by atoms with E-state index >= 15 is 0 Å². The molecule has 0 aromatic heterocycles. The predicted octanol–water partition coefficient (Wildman–Crippen LogP) is 4.53. The SMILES string of the molecule is Cc1ccc(Cl)cc1N1CCC(CNC(=O)C2CC2c2ccc(F)cc2)C1. The third kappa shape index (κ3) is 4.11. The summed E-state index contributed by atoms with van der Waals surface area (Å²) in [6, 6.07) is 12.5. The molecule has 0 spiro atoms. The highest BCUT2D eigenvalue weighted by molar-refractivity contribution is 6.30. The number of carbonyl (C=O) groups is 1. The standard InChI is InChI=1S/C22H24ClFN2O/c1-14-2-5-17(23)10-21(14)26-9-8-15(13-26)12-25-22(27)20-11-19(20)16-3-6-18(24)7-4-16/h2-7,10,15,19-20H,8-9,11-13H2,1H3,(H,25,27). The number of halogens is 2. The van der Waals surface area contributed by atoms with Crippen LogP contribution in [0.25, 0.3) is 0 Å². The van der Waals surface area contributed by atoms with E-state index in [0.717, 1.165) is 36.5 Å². The van der Waals surface area contributed by atoms with Crippen LogP contribution in [0.15, 0.2) is 42.5 Å². The van der Waals surface area contributed by atoms with Crippen LogP contribution >= 0.6 is 11.6 Å². The van der Waals surface area contributed by atoms with Crippen LogP contribution in [0.3, 0.4) is 0 Å². The molecule has 3 unspecified atom stereocenters. The first-order valence-electron chi connectivity index (χ1n) is 9.55. The number of nitrogens with zero attached hydrogens (tertiary/aromatic N) is 1. The molecule has 27 heavy (non-hydrogen) atoms. The molecule has 5 heteroatoms. The van der Waals surface area contributed by atoms with E-state index in [1.165, 1.54) is 23.4 Å². The average Bonchev–Trinajstić information content (AvgIpc) is 3.32. The van der Waals surface area contributed by atoms with E-state index in [0.29, 0.717) is 12.5 Å². The quantitative estimate of drug-likeness (QED) is 0.818. The molecule has 1 saturated heterocycles. The summed E-state index contributed by atoms with van der Waals surface area (Å²) in [5, 5.41) is 3.89. The van der Waals surface area contributed by atoms with Crippen LogP contribution in [0.4, 0.5) is 10.1 Å². The van der Waals surface area contributed by atoms with Crippen LogP contribution in [0.1, 0.15) is 29.9 Å². The van der Waals surface area contributed by atoms with Crippen molar-refractivity contribution in [2.75, 3.05) is 24.5 Å². The minimum Gasteiger partial charge on any atom is -0.371 e. The maximum atomic E-state index is 13.0. The van der Waals surface area contributed by atoms with Crippen molar-refractivity contribution in [1.82, 2.24) is 5.32 Å². The van der Waals surface area contributed by atoms with Crippen molar-refractivity contribution in [2.24, 2.45) is 11.8 Å². The van der Waals surface area contributed by atoms with E-state index in [2.05, 4.69) is 23.2 Å². The van der Waals surface area contributed by atoms with E-state index in [1.807, 2.05) is 12.1 Å². The Kier molecular flexibility index (Phi) is 5.09. The molecule has 1 aliphatic carbocycles. The fourth-order valence-electron chi connectivity index (χ4n) is 4.08. The number of hydrogen-bond acceptors (Lipinski definition) is 2. The van der Waals surface area contributed by atoms with Gasteiger partial charge in [0.2, 0.25) is 5.91 Å². The van der Waals surface area contributed by atoms with Crippen LogP contribution in [0.5, 0.6) is 0 Å². The topological polar surface area (TPSA) is 32.3 Å². The summed E-state index contributed by atoms with van der Waals surface area (Å²) in [6.45, 7) is 4.74. The van der Waals surface area contributed by atoms with Gasteiger partial charge < -0.3 is 10.2 Å². The minimum absolute atomic E-state index is 0.0307. The normalized spacial score (nSPS) is 24.1. The van der Waals surface area contributed by atoms with Gasteiger partial charge in [-0.3, -0.25) is 4.79 Å². The van der Waals surface area contributed by atoms with Gasteiger partial charge in [-0.2, -0.15) is 0 Å². The lowest BCUT2D eigenvalue weighted by Crippen LogP contribution is -2.32. The molecule has 1 aliphatic heterocycles. The molecule has 3 nitrogen and oxygen atoms in total. The van der Waals surface area contributed by atoms with E-state index in [9.17, 15) is 9.18 Å². The maximum absolute atomic E-state index is 13.0. The van der Waals surface area contributed by atoms with Crippen molar-refractivity contribution >= 4 is 23.2 Å². The van der Waals surface area contributed by atoms with Crippen LogP contribution < -0.4 is 10.2 Å². The summed E-state index contributed by atoms with van der Waals surface area (Å²) in [7, 11) is 0. The van der Waals surface area contributed by atoms with Crippen molar-refractivity contribution in [3.05, 3.63) is 64.4 Å². The van der Waals surface area contributed by atoms with Gasteiger partial charge in [0, 0.05) is 36.3 Å². The van der Waals surface area contributed by atoms with E-state index in [1.54, 1.807) is 12.1 Å². The largest absolute Gasteiger partial charge is 0.371 e. The Hall–Kier alpha value is -2.07. The van der Waals surface area contributed by atoms with Gasteiger partial charge in [-0.1, -0.05) is 29.8 Å². The number of hydrogen-bond donors (Lipinski definition) is 1. The van der Waals surface area contributed by atoms with Crippen LogP contribution in [0, 0.1) is 24.6 Å². The van der Waals surface area contributed by atoms with Crippen LogP contribution in [-0.2, 0) is 4.79 Å². The molecule has 3 atom stereocenters. The van der Waals surface area contributed by atoms with E-state index < -0.39 is 0 Å². The van der Waals surface area contributed by atoms with E-state index in [-0.39, 0.29) is 23.6 Å². The van der Waals surface area contributed by atoms with Crippen molar-refractivity contribution in [2.45, 2.75) is 25.7 Å². The van der Waals surface area contributed by atoms with Gasteiger partial charge in [0.1, 0.15) is 5.82 Å². The highest BCUT2D eigenvalue weighted by Gasteiger charge is 2.44. The number of benzene rings is 2. The zero-order chi connectivity index (χ0) is 19.0. The highest BCUT2D eigenvalue weighted by atomic mass is 35.5. The van der Waals surface area contributed by atoms with Gasteiger partial charge in [0.25, 0.3) is 0 Å². The van der Waals surface area contributed by atoms with Gasteiger partial charge in [-0.15, -0.1) is 0 Å². The lowest BCUT2D eigenvalue weighted by molar-refractivity contribution is -0.122. The summed E-state index contributed by atoms with van der Waals surface area (Å²) < 4.78 is 13.0. The molecule has 142 valence electrons. The van der Waals surface area contributed by atoms with E-state index in [4.69, 9.17) is 11.6 Å². The van der Waals surface area contributed by atoms with Crippen molar-refractivity contribution in [3.8, 4) is 0 Å². The molecule has 0 radical (unpaired) electrons. The Morgan fingerprint density at radius 1 is 1.26 bits per heavy atom. The second kappa shape index (κ2) is 7.51. The number of carbonyl (C=O) groups excluding carboxylic acids is 1. The molecule has 2 aromatic carbocycles. The van der Waals surface area contributed by atoms with Gasteiger partial charge in [0.05, 0.1) is 0 Å². The fraction of sp³-hybridized carbons (Fsp3) is 0.409. The lowest BCUT2D eigenvalue weighted by Gasteiger charge is -2.21. The molecule has 1 amide bonds. The number of anilines is 1. The third-order valence-corrected chi connectivity index (χ3v) is 6.02. The van der Waals surface area contributed by atoms with Crippen LogP contribution in [-0.4, -0.2) is 25.5 Å². The Labute approximate surface area is 164 Å². The van der Waals surface area contributed by atoms with Crippen molar-refractivity contribution < 1.29 is 9.18 Å². The summed E-state index contributed by atoms with van der Waals surface area (Å²) >= 11 is 6.14. The summed E-state index contributed by atoms with van der Waals surface area (Å²) in [4.78, 5) is 14.8. The molecule has 2 aliphatic rings. The minimum atomic E-state index is -0.235. The zero-order valence-electron chi connectivity index (χ0n) is 15.4. The number of amides is 1. The Bertz CT molecular complexity index is 839. The molecule has 4 rings (SSSR count). The number of nitrogens with one attached hydrogen (secondary N) is 1. The second-order valence-electron chi connectivity index (χ2n) is 7.78. The number of aryl methyl sites for hydroxylation is 1. The molecule has 2 fully saturated rings. The molecule has 1 heterocycles. The summed E-state index contributed by atoms with van der Waals surface area (Å²) in [5.74, 6) is 0.612. The Morgan fingerprint density at radius 2 is 2.04 bits per heavy atom. The van der Waals surface area contributed by atoms with Crippen molar-refractivity contribution in [1.29, 1.82) is 0 Å². The Morgan fingerprint density at radius 3 is 2.81 bits per heavy atom. The van der Waals surface area contributed by atoms with Crippen LogP contribution in [0.2, 0.25) is 5.02 Å². The Balaban J connectivity index is 1.27. The molecule has 1 N–H and O–H groups in total. The van der Waals surface area contributed by atoms with Gasteiger partial charge in [-0.05, 0) is 67.0 Å². The molecule has 0 bridgehead atoms. The van der Waals surface area contributed by atoms with Gasteiger partial charge in [-0.25, -0.2) is 4.39 Å². The predicted molar refractivity (Wildman–Crippen MR) is 107 cm³/mol. The first-order chi connectivity index (χ1) is 13.0.